The van der Waals surface area contributed by atoms with Gasteiger partial charge in [-0.15, -0.1) is 0 Å². The van der Waals surface area contributed by atoms with Crippen molar-refractivity contribution in [3.63, 3.8) is 0 Å². The second kappa shape index (κ2) is 16.3. The van der Waals surface area contributed by atoms with Crippen molar-refractivity contribution in [3.05, 3.63) is 108 Å². The van der Waals surface area contributed by atoms with E-state index in [1.54, 1.807) is 97.1 Å². The van der Waals surface area contributed by atoms with Crippen LogP contribution in [0.1, 0.15) is 34.6 Å². The van der Waals surface area contributed by atoms with Crippen LogP contribution in [-0.4, -0.2) is 76.0 Å². The van der Waals surface area contributed by atoms with Crippen molar-refractivity contribution in [2.75, 3.05) is 39.6 Å². The Balaban J connectivity index is 0.863. The van der Waals surface area contributed by atoms with Gasteiger partial charge >= 0.3 is 11.9 Å². The molecule has 11 nitrogen and oxygen atoms in total. The van der Waals surface area contributed by atoms with Crippen molar-refractivity contribution in [1.29, 1.82) is 0 Å². The second-order valence-electron chi connectivity index (χ2n) is 11.7. The van der Waals surface area contributed by atoms with Gasteiger partial charge in [0.05, 0.1) is 37.6 Å². The summed E-state index contributed by atoms with van der Waals surface area (Å²) in [6.07, 6.45) is -0.148. The standard InChI is InChI=1S/C38H38O11/c1-25(46-31-7-3-27(4-8-31)37(39)48-33-15-11-29(12-16-33)42-21-35-23-44-35)19-41-20-26(2)47-32-9-5-28(6-10-32)38(40)49-34-17-13-30(14-18-34)43-22-36-24-45-36/h3-18,25-26,35-36H,19-24H2,1-2H3. The van der Waals surface area contributed by atoms with Crippen molar-refractivity contribution in [2.45, 2.75) is 38.3 Å². The smallest absolute Gasteiger partial charge is 0.343 e. The van der Waals surface area contributed by atoms with Crippen molar-refractivity contribution in [1.82, 2.24) is 0 Å². The Labute approximate surface area is 284 Å². The zero-order chi connectivity index (χ0) is 34.0. The molecule has 6 rings (SSSR count). The lowest BCUT2D eigenvalue weighted by atomic mass is 10.2. The van der Waals surface area contributed by atoms with Gasteiger partial charge in [-0.05, 0) is 111 Å². The first-order valence-corrected chi connectivity index (χ1v) is 16.1. The number of epoxide rings is 2. The van der Waals surface area contributed by atoms with Gasteiger partial charge < -0.3 is 42.6 Å². The number of esters is 2. The molecule has 0 aliphatic carbocycles. The summed E-state index contributed by atoms with van der Waals surface area (Å²) in [6.45, 7) is 6.92. The van der Waals surface area contributed by atoms with Crippen LogP contribution in [-0.2, 0) is 14.2 Å². The van der Waals surface area contributed by atoms with Crippen LogP contribution >= 0.6 is 0 Å². The molecule has 0 amide bonds. The third kappa shape index (κ3) is 11.0. The molecule has 2 heterocycles. The Morgan fingerprint density at radius 2 is 0.878 bits per heavy atom. The number of carbonyl (C=O) groups excluding carboxylic acids is 2. The Morgan fingerprint density at radius 1 is 0.551 bits per heavy atom. The molecule has 2 aliphatic heterocycles. The van der Waals surface area contributed by atoms with Gasteiger partial charge in [0.25, 0.3) is 0 Å². The summed E-state index contributed by atoms with van der Waals surface area (Å²) in [4.78, 5) is 25.2. The normalized spacial score (nSPS) is 17.3. The summed E-state index contributed by atoms with van der Waals surface area (Å²) in [7, 11) is 0. The molecule has 0 bridgehead atoms. The molecule has 0 radical (unpaired) electrons. The van der Waals surface area contributed by atoms with Crippen LogP contribution in [0.4, 0.5) is 0 Å². The van der Waals surface area contributed by atoms with Gasteiger partial charge in [-0.3, -0.25) is 0 Å². The number of rotatable bonds is 18. The Morgan fingerprint density at radius 3 is 1.22 bits per heavy atom. The molecule has 4 aromatic carbocycles. The zero-order valence-corrected chi connectivity index (χ0v) is 27.3. The SMILES string of the molecule is CC(COCC(C)Oc1ccc(C(=O)Oc2ccc(OCC3CO3)cc2)cc1)Oc1ccc(C(=O)Oc2ccc(OCC3CO3)cc2)cc1. The van der Waals surface area contributed by atoms with E-state index in [-0.39, 0.29) is 24.4 Å². The minimum Gasteiger partial charge on any atom is -0.491 e. The van der Waals surface area contributed by atoms with Gasteiger partial charge in [0.15, 0.2) is 0 Å². The summed E-state index contributed by atoms with van der Waals surface area (Å²) in [5.74, 6) is 2.47. The Hall–Kier alpha value is -5.10. The fraction of sp³-hybridized carbons (Fsp3) is 0.316. The molecule has 2 fully saturated rings. The molecule has 49 heavy (non-hydrogen) atoms. The van der Waals surface area contributed by atoms with E-state index in [4.69, 9.17) is 42.6 Å². The molecular weight excluding hydrogens is 632 g/mol. The zero-order valence-electron chi connectivity index (χ0n) is 27.3. The Kier molecular flexibility index (Phi) is 11.3. The average molecular weight is 671 g/mol. The number of hydrogen-bond donors (Lipinski definition) is 0. The van der Waals surface area contributed by atoms with Crippen LogP contribution in [0, 0.1) is 0 Å². The van der Waals surface area contributed by atoms with E-state index < -0.39 is 11.9 Å². The van der Waals surface area contributed by atoms with E-state index in [0.29, 0.717) is 72.1 Å². The molecule has 4 unspecified atom stereocenters. The second-order valence-corrected chi connectivity index (χ2v) is 11.7. The van der Waals surface area contributed by atoms with Gasteiger partial charge in [-0.25, -0.2) is 9.59 Å². The van der Waals surface area contributed by atoms with Crippen LogP contribution < -0.4 is 28.4 Å². The molecule has 11 heteroatoms. The van der Waals surface area contributed by atoms with Gasteiger partial charge in [-0.2, -0.15) is 0 Å². The molecule has 2 saturated heterocycles. The Bertz CT molecular complexity index is 1520. The van der Waals surface area contributed by atoms with Gasteiger partial charge in [0, 0.05) is 0 Å². The molecule has 4 atom stereocenters. The van der Waals surface area contributed by atoms with Gasteiger partial charge in [0.1, 0.15) is 72.1 Å². The first kappa shape index (κ1) is 33.8. The van der Waals surface area contributed by atoms with E-state index in [9.17, 15) is 9.59 Å². The predicted octanol–water partition coefficient (Wildman–Crippen LogP) is 5.93. The molecule has 4 aromatic rings. The lowest BCUT2D eigenvalue weighted by Gasteiger charge is -2.18. The lowest BCUT2D eigenvalue weighted by Crippen LogP contribution is -2.25. The van der Waals surface area contributed by atoms with E-state index in [1.165, 1.54) is 0 Å². The number of benzene rings is 4. The van der Waals surface area contributed by atoms with Crippen molar-refractivity contribution in [2.24, 2.45) is 0 Å². The number of carbonyl (C=O) groups is 2. The van der Waals surface area contributed by atoms with Gasteiger partial charge in [-0.1, -0.05) is 0 Å². The molecule has 2 aliphatic rings. The van der Waals surface area contributed by atoms with Crippen LogP contribution in [0.3, 0.4) is 0 Å². The highest BCUT2D eigenvalue weighted by Crippen LogP contribution is 2.23. The van der Waals surface area contributed by atoms with Crippen LogP contribution in [0.25, 0.3) is 0 Å². The maximum Gasteiger partial charge on any atom is 0.343 e. The molecule has 0 N–H and O–H groups in total. The lowest BCUT2D eigenvalue weighted by molar-refractivity contribution is 0.0188. The quantitative estimate of drug-likeness (QED) is 0.0711. The summed E-state index contributed by atoms with van der Waals surface area (Å²) < 4.78 is 50.1. The molecule has 0 saturated carbocycles. The third-order valence-electron chi connectivity index (χ3n) is 7.30. The first-order chi connectivity index (χ1) is 23.9. The summed E-state index contributed by atoms with van der Waals surface area (Å²) >= 11 is 0. The highest BCUT2D eigenvalue weighted by molar-refractivity contribution is 5.91. The summed E-state index contributed by atoms with van der Waals surface area (Å²) in [5.41, 5.74) is 0.795. The van der Waals surface area contributed by atoms with Crippen LogP contribution in [0.2, 0.25) is 0 Å². The maximum absolute atomic E-state index is 12.6. The van der Waals surface area contributed by atoms with E-state index >= 15 is 0 Å². The molecular formula is C38H38O11. The summed E-state index contributed by atoms with van der Waals surface area (Å²) in [5, 5.41) is 0. The fourth-order valence-corrected chi connectivity index (χ4v) is 4.52. The monoisotopic (exact) mass is 670 g/mol. The largest absolute Gasteiger partial charge is 0.491 e. The fourth-order valence-electron chi connectivity index (χ4n) is 4.52. The highest BCUT2D eigenvalue weighted by atomic mass is 16.6. The van der Waals surface area contributed by atoms with Crippen LogP contribution in [0.15, 0.2) is 97.1 Å². The third-order valence-corrected chi connectivity index (χ3v) is 7.30. The highest BCUT2D eigenvalue weighted by Gasteiger charge is 2.24. The number of hydrogen-bond acceptors (Lipinski definition) is 11. The topological polar surface area (TPSA) is 124 Å². The van der Waals surface area contributed by atoms with E-state index in [0.717, 1.165) is 13.2 Å². The average Bonchev–Trinajstić information content (AvgIpc) is 4.05. The van der Waals surface area contributed by atoms with E-state index in [1.807, 2.05) is 13.8 Å². The minimum atomic E-state index is -0.473. The van der Waals surface area contributed by atoms with Crippen molar-refractivity contribution < 1.29 is 52.2 Å². The molecule has 0 spiro atoms. The van der Waals surface area contributed by atoms with Crippen molar-refractivity contribution in [3.8, 4) is 34.5 Å². The first-order valence-electron chi connectivity index (χ1n) is 16.1. The molecule has 256 valence electrons. The van der Waals surface area contributed by atoms with E-state index in [2.05, 4.69) is 0 Å². The summed E-state index contributed by atoms with van der Waals surface area (Å²) in [6, 6.07) is 27.2. The van der Waals surface area contributed by atoms with Gasteiger partial charge in [0.2, 0.25) is 0 Å². The predicted molar refractivity (Wildman–Crippen MR) is 177 cm³/mol. The minimum absolute atomic E-state index is 0.173. The number of ether oxygens (including phenoxy) is 9. The maximum atomic E-state index is 12.6. The molecule has 0 aromatic heterocycles. The van der Waals surface area contributed by atoms with Crippen LogP contribution in [0.5, 0.6) is 34.5 Å². The van der Waals surface area contributed by atoms with Crippen molar-refractivity contribution >= 4 is 11.9 Å².